The molecule has 0 bridgehead atoms. The highest BCUT2D eigenvalue weighted by Crippen LogP contribution is 2.25. The molecular formula is C19H26N2O4. The number of nitrogens with zero attached hydrogens (tertiary/aromatic N) is 1. The van der Waals surface area contributed by atoms with Gasteiger partial charge in [-0.2, -0.15) is 0 Å². The molecular weight excluding hydrogens is 320 g/mol. The van der Waals surface area contributed by atoms with E-state index < -0.39 is 12.2 Å². The van der Waals surface area contributed by atoms with E-state index in [4.69, 9.17) is 4.74 Å². The number of rotatable bonds is 4. The average molecular weight is 346 g/mol. The van der Waals surface area contributed by atoms with E-state index in [2.05, 4.69) is 11.9 Å². The van der Waals surface area contributed by atoms with Crippen molar-refractivity contribution in [3.05, 3.63) is 35.0 Å². The van der Waals surface area contributed by atoms with Gasteiger partial charge < -0.3 is 24.8 Å². The van der Waals surface area contributed by atoms with Gasteiger partial charge in [-0.25, -0.2) is 0 Å². The van der Waals surface area contributed by atoms with Crippen molar-refractivity contribution >= 4 is 16.8 Å². The summed E-state index contributed by atoms with van der Waals surface area (Å²) in [6, 6.07) is 5.68. The smallest absolute Gasteiger partial charge is 0.253 e. The number of aliphatic hydroxyl groups excluding tert-OH is 2. The summed E-state index contributed by atoms with van der Waals surface area (Å²) in [5.41, 5.74) is 4.02. The number of benzene rings is 1. The Morgan fingerprint density at radius 2 is 2.12 bits per heavy atom. The van der Waals surface area contributed by atoms with Crippen LogP contribution in [0.25, 0.3) is 10.9 Å². The molecule has 0 radical (unpaired) electrons. The van der Waals surface area contributed by atoms with Crippen LogP contribution in [0.4, 0.5) is 0 Å². The van der Waals surface area contributed by atoms with Crippen molar-refractivity contribution in [2.75, 3.05) is 26.8 Å². The third-order valence-electron chi connectivity index (χ3n) is 5.07. The first-order valence-electron chi connectivity index (χ1n) is 8.73. The Labute approximate surface area is 147 Å². The average Bonchev–Trinajstić information content (AvgIpc) is 2.92. The molecule has 6 heteroatoms. The molecule has 2 aromatic rings. The second kappa shape index (κ2) is 7.15. The third kappa shape index (κ3) is 3.42. The standard InChI is InChI=1S/C19H26N2O4/c1-4-14-11(2)20-16-6-5-12(7-15(14)16)19(24)21(3)8-13-9-25-10-17(22)18(13)23/h5-7,13,17-18,20,22-23H,4,8-10H2,1-3H3/t13-,17-,18+/m1/s1. The molecule has 0 unspecified atom stereocenters. The molecule has 0 saturated carbocycles. The fourth-order valence-electron chi connectivity index (χ4n) is 3.64. The Balaban J connectivity index is 1.79. The number of fused-ring (bicyclic) bond motifs is 1. The number of ether oxygens (including phenoxy) is 1. The molecule has 1 aliphatic rings. The van der Waals surface area contributed by atoms with E-state index in [-0.39, 0.29) is 18.4 Å². The molecule has 1 aromatic carbocycles. The molecule has 1 aliphatic heterocycles. The van der Waals surface area contributed by atoms with Gasteiger partial charge in [0, 0.05) is 41.7 Å². The molecule has 2 heterocycles. The maximum absolute atomic E-state index is 12.8. The summed E-state index contributed by atoms with van der Waals surface area (Å²) in [6.07, 6.45) is -0.859. The predicted molar refractivity (Wildman–Crippen MR) is 95.7 cm³/mol. The van der Waals surface area contributed by atoms with Crippen LogP contribution in [0, 0.1) is 12.8 Å². The maximum atomic E-state index is 12.8. The van der Waals surface area contributed by atoms with Gasteiger partial charge in [0.05, 0.1) is 19.3 Å². The molecule has 0 spiro atoms. The number of aromatic nitrogens is 1. The highest BCUT2D eigenvalue weighted by Gasteiger charge is 2.32. The van der Waals surface area contributed by atoms with Crippen molar-refractivity contribution < 1.29 is 19.7 Å². The van der Waals surface area contributed by atoms with Gasteiger partial charge >= 0.3 is 0 Å². The monoisotopic (exact) mass is 346 g/mol. The Morgan fingerprint density at radius 1 is 1.36 bits per heavy atom. The fourth-order valence-corrected chi connectivity index (χ4v) is 3.64. The number of carbonyl (C=O) groups excluding carboxylic acids is 1. The number of aryl methyl sites for hydroxylation is 2. The number of carbonyl (C=O) groups is 1. The number of aliphatic hydroxyl groups is 2. The van der Waals surface area contributed by atoms with Crippen LogP contribution in [-0.4, -0.2) is 65.0 Å². The quantitative estimate of drug-likeness (QED) is 0.783. The van der Waals surface area contributed by atoms with E-state index in [1.165, 1.54) is 5.56 Å². The lowest BCUT2D eigenvalue weighted by atomic mass is 9.96. The van der Waals surface area contributed by atoms with E-state index in [0.29, 0.717) is 18.7 Å². The molecule has 3 atom stereocenters. The summed E-state index contributed by atoms with van der Waals surface area (Å²) in [6.45, 7) is 4.96. The Morgan fingerprint density at radius 3 is 2.84 bits per heavy atom. The van der Waals surface area contributed by atoms with Gasteiger partial charge in [-0.1, -0.05) is 6.92 Å². The van der Waals surface area contributed by atoms with Crippen LogP contribution < -0.4 is 0 Å². The van der Waals surface area contributed by atoms with Crippen molar-refractivity contribution in [2.24, 2.45) is 5.92 Å². The van der Waals surface area contributed by atoms with Gasteiger partial charge in [0.2, 0.25) is 0 Å². The van der Waals surface area contributed by atoms with Crippen molar-refractivity contribution in [1.29, 1.82) is 0 Å². The van der Waals surface area contributed by atoms with E-state index >= 15 is 0 Å². The van der Waals surface area contributed by atoms with Gasteiger partial charge in [-0.3, -0.25) is 4.79 Å². The van der Waals surface area contributed by atoms with E-state index in [1.54, 1.807) is 11.9 Å². The van der Waals surface area contributed by atoms with E-state index in [0.717, 1.165) is 23.0 Å². The second-order valence-corrected chi connectivity index (χ2v) is 6.88. The molecule has 3 N–H and O–H groups in total. The number of hydrogen-bond donors (Lipinski definition) is 3. The van der Waals surface area contributed by atoms with Gasteiger partial charge in [0.25, 0.3) is 5.91 Å². The SMILES string of the molecule is CCc1c(C)[nH]c2ccc(C(=O)N(C)C[C@@H]3COC[C@@H](O)[C@H]3O)cc12. The summed E-state index contributed by atoms with van der Waals surface area (Å²) >= 11 is 0. The van der Waals surface area contributed by atoms with Crippen LogP contribution in [0.1, 0.15) is 28.5 Å². The zero-order chi connectivity index (χ0) is 18.1. The van der Waals surface area contributed by atoms with Crippen LogP contribution in [0.15, 0.2) is 18.2 Å². The molecule has 25 heavy (non-hydrogen) atoms. The highest BCUT2D eigenvalue weighted by molar-refractivity contribution is 5.99. The predicted octanol–water partition coefficient (Wildman–Crippen LogP) is 1.48. The molecule has 3 rings (SSSR count). The first kappa shape index (κ1) is 17.9. The van der Waals surface area contributed by atoms with Crippen LogP contribution in [0.5, 0.6) is 0 Å². The first-order valence-corrected chi connectivity index (χ1v) is 8.73. The summed E-state index contributed by atoms with van der Waals surface area (Å²) in [7, 11) is 1.71. The van der Waals surface area contributed by atoms with Gasteiger partial charge in [-0.15, -0.1) is 0 Å². The van der Waals surface area contributed by atoms with Crippen molar-refractivity contribution in [2.45, 2.75) is 32.5 Å². The zero-order valence-electron chi connectivity index (χ0n) is 15.0. The van der Waals surface area contributed by atoms with Crippen molar-refractivity contribution in [3.8, 4) is 0 Å². The minimum atomic E-state index is -0.895. The minimum absolute atomic E-state index is 0.102. The topological polar surface area (TPSA) is 85.8 Å². The summed E-state index contributed by atoms with van der Waals surface area (Å²) in [4.78, 5) is 17.7. The third-order valence-corrected chi connectivity index (χ3v) is 5.07. The lowest BCUT2D eigenvalue weighted by molar-refractivity contribution is -0.123. The molecule has 1 fully saturated rings. The summed E-state index contributed by atoms with van der Waals surface area (Å²) in [5.74, 6) is -0.391. The lowest BCUT2D eigenvalue weighted by Crippen LogP contribution is -2.48. The Hall–Kier alpha value is -1.89. The van der Waals surface area contributed by atoms with E-state index in [9.17, 15) is 15.0 Å². The summed E-state index contributed by atoms with van der Waals surface area (Å²) < 4.78 is 5.29. The minimum Gasteiger partial charge on any atom is -0.390 e. The van der Waals surface area contributed by atoms with Crippen LogP contribution in [-0.2, 0) is 11.2 Å². The molecule has 1 aromatic heterocycles. The second-order valence-electron chi connectivity index (χ2n) is 6.88. The Kier molecular flexibility index (Phi) is 5.13. The van der Waals surface area contributed by atoms with Gasteiger partial charge in [0.1, 0.15) is 6.10 Å². The van der Waals surface area contributed by atoms with Crippen LogP contribution >= 0.6 is 0 Å². The van der Waals surface area contributed by atoms with Gasteiger partial charge in [-0.05, 0) is 37.1 Å². The Bertz CT molecular complexity index is 770. The molecule has 1 amide bonds. The van der Waals surface area contributed by atoms with Crippen molar-refractivity contribution in [1.82, 2.24) is 9.88 Å². The lowest BCUT2D eigenvalue weighted by Gasteiger charge is -2.34. The molecule has 0 aliphatic carbocycles. The van der Waals surface area contributed by atoms with E-state index in [1.807, 2.05) is 25.1 Å². The maximum Gasteiger partial charge on any atom is 0.253 e. The number of nitrogens with one attached hydrogen (secondary N) is 1. The number of H-pyrrole nitrogens is 1. The zero-order valence-corrected chi connectivity index (χ0v) is 15.0. The number of hydrogen-bond acceptors (Lipinski definition) is 4. The van der Waals surface area contributed by atoms with Crippen LogP contribution in [0.2, 0.25) is 0 Å². The number of amides is 1. The van der Waals surface area contributed by atoms with Gasteiger partial charge in [0.15, 0.2) is 0 Å². The molecule has 6 nitrogen and oxygen atoms in total. The largest absolute Gasteiger partial charge is 0.390 e. The molecule has 1 saturated heterocycles. The highest BCUT2D eigenvalue weighted by atomic mass is 16.5. The first-order chi connectivity index (χ1) is 11.9. The normalized spacial score (nSPS) is 23.8. The fraction of sp³-hybridized carbons (Fsp3) is 0.526. The van der Waals surface area contributed by atoms with Crippen molar-refractivity contribution in [3.63, 3.8) is 0 Å². The molecule has 136 valence electrons. The van der Waals surface area contributed by atoms with Crippen LogP contribution in [0.3, 0.4) is 0 Å². The number of aromatic amines is 1. The summed E-state index contributed by atoms with van der Waals surface area (Å²) in [5, 5.41) is 20.9.